The number of carbonyl (C=O) groups is 2. The molecule has 0 aromatic heterocycles. The Labute approximate surface area is 132 Å². The topological polar surface area (TPSA) is 58.2 Å². The van der Waals surface area contributed by atoms with Gasteiger partial charge in [0.15, 0.2) is 0 Å². The van der Waals surface area contributed by atoms with Gasteiger partial charge in [-0.3, -0.25) is 9.59 Å². The van der Waals surface area contributed by atoms with Gasteiger partial charge in [0.1, 0.15) is 0 Å². The van der Waals surface area contributed by atoms with Crippen molar-refractivity contribution in [1.29, 1.82) is 0 Å². The quantitative estimate of drug-likeness (QED) is 0.893. The maximum atomic E-state index is 12.4. The molecule has 22 heavy (non-hydrogen) atoms. The molecule has 2 N–H and O–H groups in total. The Morgan fingerprint density at radius 1 is 1.05 bits per heavy atom. The fraction of sp³-hybridized carbons (Fsp3) is 0.556. The summed E-state index contributed by atoms with van der Waals surface area (Å²) in [4.78, 5) is 24.8. The minimum atomic E-state index is -0.308. The van der Waals surface area contributed by atoms with Crippen LogP contribution in [0.25, 0.3) is 0 Å². The molecule has 1 saturated carbocycles. The minimum absolute atomic E-state index is 0.0377. The first-order chi connectivity index (χ1) is 10.4. The number of hydrogen-bond acceptors (Lipinski definition) is 2. The molecule has 0 bridgehead atoms. The molecule has 4 heteroatoms. The highest BCUT2D eigenvalue weighted by Crippen LogP contribution is 2.26. The standard InChI is InChI=1S/C18H26N2O2/c1-18(2,3)20-17(22)14-11-7-8-12-15(14)19-16(21)13-9-5-4-6-10-13/h7-8,11-13H,4-6,9-10H2,1-3H3,(H,19,21)(H,20,22). The van der Waals surface area contributed by atoms with E-state index in [9.17, 15) is 9.59 Å². The minimum Gasteiger partial charge on any atom is -0.347 e. The van der Waals surface area contributed by atoms with Crippen LogP contribution in [0.1, 0.15) is 63.2 Å². The third-order valence-electron chi connectivity index (χ3n) is 3.89. The summed E-state index contributed by atoms with van der Waals surface area (Å²) in [6, 6.07) is 7.19. The predicted octanol–water partition coefficient (Wildman–Crippen LogP) is 3.73. The van der Waals surface area contributed by atoms with Gasteiger partial charge in [0, 0.05) is 11.5 Å². The van der Waals surface area contributed by atoms with Gasteiger partial charge in [-0.1, -0.05) is 31.4 Å². The van der Waals surface area contributed by atoms with Crippen molar-refractivity contribution in [2.45, 2.75) is 58.4 Å². The Kier molecular flexibility index (Phi) is 5.22. The number of carbonyl (C=O) groups excluding carboxylic acids is 2. The van der Waals surface area contributed by atoms with E-state index in [0.29, 0.717) is 11.3 Å². The molecule has 1 aromatic carbocycles. The van der Waals surface area contributed by atoms with Crippen molar-refractivity contribution in [2.75, 3.05) is 5.32 Å². The number of benzene rings is 1. The molecule has 4 nitrogen and oxygen atoms in total. The molecule has 0 unspecified atom stereocenters. The lowest BCUT2D eigenvalue weighted by Crippen LogP contribution is -2.41. The average molecular weight is 302 g/mol. The number of para-hydroxylation sites is 1. The molecule has 1 fully saturated rings. The van der Waals surface area contributed by atoms with Crippen LogP contribution in [0.4, 0.5) is 5.69 Å². The number of nitrogens with one attached hydrogen (secondary N) is 2. The molecule has 1 aromatic rings. The van der Waals surface area contributed by atoms with Crippen LogP contribution in [0.3, 0.4) is 0 Å². The van der Waals surface area contributed by atoms with E-state index < -0.39 is 0 Å². The van der Waals surface area contributed by atoms with Crippen molar-refractivity contribution in [2.24, 2.45) is 5.92 Å². The maximum absolute atomic E-state index is 12.4. The molecule has 0 spiro atoms. The van der Waals surface area contributed by atoms with Gasteiger partial charge >= 0.3 is 0 Å². The van der Waals surface area contributed by atoms with Crippen LogP contribution in [-0.2, 0) is 4.79 Å². The van der Waals surface area contributed by atoms with Crippen LogP contribution in [0.15, 0.2) is 24.3 Å². The molecule has 2 amide bonds. The molecule has 0 heterocycles. The maximum Gasteiger partial charge on any atom is 0.253 e. The Morgan fingerprint density at radius 3 is 2.32 bits per heavy atom. The highest BCUT2D eigenvalue weighted by molar-refractivity contribution is 6.04. The Bertz CT molecular complexity index is 540. The van der Waals surface area contributed by atoms with Crippen LogP contribution in [0.5, 0.6) is 0 Å². The predicted molar refractivity (Wildman–Crippen MR) is 88.9 cm³/mol. The van der Waals surface area contributed by atoms with E-state index in [1.54, 1.807) is 12.1 Å². The zero-order valence-electron chi connectivity index (χ0n) is 13.7. The van der Waals surface area contributed by atoms with Gasteiger partial charge in [-0.2, -0.15) is 0 Å². The van der Waals surface area contributed by atoms with Crippen molar-refractivity contribution < 1.29 is 9.59 Å². The molecule has 2 rings (SSSR count). The number of anilines is 1. The lowest BCUT2D eigenvalue weighted by molar-refractivity contribution is -0.120. The van der Waals surface area contributed by atoms with Gasteiger partial charge in [0.05, 0.1) is 11.3 Å². The van der Waals surface area contributed by atoms with E-state index in [4.69, 9.17) is 0 Å². The van der Waals surface area contributed by atoms with Crippen molar-refractivity contribution in [3.05, 3.63) is 29.8 Å². The molecule has 0 radical (unpaired) electrons. The van der Waals surface area contributed by atoms with Gasteiger partial charge in [-0.25, -0.2) is 0 Å². The Balaban J connectivity index is 2.10. The van der Waals surface area contributed by atoms with Gasteiger partial charge < -0.3 is 10.6 Å². The molecule has 0 atom stereocenters. The van der Waals surface area contributed by atoms with Crippen LogP contribution in [-0.4, -0.2) is 17.4 Å². The van der Waals surface area contributed by atoms with Crippen molar-refractivity contribution in [1.82, 2.24) is 5.32 Å². The van der Waals surface area contributed by atoms with Gasteiger partial charge in [0.2, 0.25) is 5.91 Å². The second kappa shape index (κ2) is 6.95. The van der Waals surface area contributed by atoms with Crippen molar-refractivity contribution in [3.63, 3.8) is 0 Å². The fourth-order valence-corrected chi connectivity index (χ4v) is 2.80. The van der Waals surface area contributed by atoms with Gasteiger partial charge in [-0.15, -0.1) is 0 Å². The fourth-order valence-electron chi connectivity index (χ4n) is 2.80. The molecule has 120 valence electrons. The molecular formula is C18H26N2O2. The first-order valence-corrected chi connectivity index (χ1v) is 8.09. The second-order valence-electron chi connectivity index (χ2n) is 7.07. The van der Waals surface area contributed by atoms with E-state index in [2.05, 4.69) is 10.6 Å². The Morgan fingerprint density at radius 2 is 1.68 bits per heavy atom. The lowest BCUT2D eigenvalue weighted by atomic mass is 9.88. The molecule has 0 aliphatic heterocycles. The first kappa shape index (κ1) is 16.5. The van der Waals surface area contributed by atoms with E-state index in [1.165, 1.54) is 6.42 Å². The number of hydrogen-bond donors (Lipinski definition) is 2. The lowest BCUT2D eigenvalue weighted by Gasteiger charge is -2.23. The molecule has 0 saturated heterocycles. The number of rotatable bonds is 3. The summed E-state index contributed by atoms with van der Waals surface area (Å²) in [6.45, 7) is 5.82. The van der Waals surface area contributed by atoms with Crippen molar-refractivity contribution in [3.8, 4) is 0 Å². The zero-order chi connectivity index (χ0) is 16.2. The van der Waals surface area contributed by atoms with E-state index in [0.717, 1.165) is 25.7 Å². The third-order valence-corrected chi connectivity index (χ3v) is 3.89. The highest BCUT2D eigenvalue weighted by atomic mass is 16.2. The van der Waals surface area contributed by atoms with Crippen LogP contribution < -0.4 is 10.6 Å². The summed E-state index contributed by atoms with van der Waals surface area (Å²) >= 11 is 0. The van der Waals surface area contributed by atoms with E-state index in [-0.39, 0.29) is 23.3 Å². The largest absolute Gasteiger partial charge is 0.347 e. The van der Waals surface area contributed by atoms with Crippen LogP contribution in [0.2, 0.25) is 0 Å². The summed E-state index contributed by atoms with van der Waals surface area (Å²) in [5.74, 6) is -0.0461. The smallest absolute Gasteiger partial charge is 0.253 e. The average Bonchev–Trinajstić information content (AvgIpc) is 2.47. The van der Waals surface area contributed by atoms with E-state index >= 15 is 0 Å². The monoisotopic (exact) mass is 302 g/mol. The molecule has 1 aliphatic carbocycles. The number of amides is 2. The molecular weight excluding hydrogens is 276 g/mol. The summed E-state index contributed by atoms with van der Waals surface area (Å²) in [5, 5.41) is 5.89. The Hall–Kier alpha value is -1.84. The summed E-state index contributed by atoms with van der Waals surface area (Å²) in [5.41, 5.74) is 0.804. The SMILES string of the molecule is CC(C)(C)NC(=O)c1ccccc1NC(=O)C1CCCCC1. The van der Waals surface area contributed by atoms with Crippen LogP contribution >= 0.6 is 0 Å². The van der Waals surface area contributed by atoms with Crippen LogP contribution in [0, 0.1) is 5.92 Å². The van der Waals surface area contributed by atoms with Gasteiger partial charge in [-0.05, 0) is 45.7 Å². The summed E-state index contributed by atoms with van der Waals surface area (Å²) < 4.78 is 0. The van der Waals surface area contributed by atoms with E-state index in [1.807, 2.05) is 32.9 Å². The van der Waals surface area contributed by atoms with Gasteiger partial charge in [0.25, 0.3) is 5.91 Å². The van der Waals surface area contributed by atoms with Crippen molar-refractivity contribution >= 4 is 17.5 Å². The molecule has 1 aliphatic rings. The second-order valence-corrected chi connectivity index (χ2v) is 7.07. The first-order valence-electron chi connectivity index (χ1n) is 8.09. The summed E-state index contributed by atoms with van der Waals surface area (Å²) in [7, 11) is 0. The third kappa shape index (κ3) is 4.58. The highest BCUT2D eigenvalue weighted by Gasteiger charge is 2.23. The summed E-state index contributed by atoms with van der Waals surface area (Å²) in [6.07, 6.45) is 5.34. The normalized spacial score (nSPS) is 16.1. The zero-order valence-corrected chi connectivity index (χ0v) is 13.7.